The van der Waals surface area contributed by atoms with Crippen molar-refractivity contribution < 1.29 is 4.74 Å². The zero-order valence-corrected chi connectivity index (χ0v) is 16.4. The Morgan fingerprint density at radius 1 is 1.05 bits per heavy atom. The molecule has 0 saturated carbocycles. The molecule has 0 aliphatic rings. The van der Waals surface area contributed by atoms with Crippen LogP contribution in [0, 0.1) is 6.92 Å². The van der Waals surface area contributed by atoms with Gasteiger partial charge in [0.15, 0.2) is 0 Å². The van der Waals surface area contributed by atoms with E-state index in [1.807, 2.05) is 31.2 Å². The lowest BCUT2D eigenvalue weighted by atomic mass is 10.0. The molecular formula is C15H12Br3ClO. The number of ether oxygens (including phenoxy) is 1. The van der Waals surface area contributed by atoms with Crippen molar-refractivity contribution in [1.29, 1.82) is 0 Å². The van der Waals surface area contributed by atoms with Crippen LogP contribution < -0.4 is 4.74 Å². The molecule has 0 radical (unpaired) electrons. The SMILES string of the molecule is COc1cc(C)c(Br)cc1C(Br)c1ccc(Cl)cc1Br. The molecule has 5 heteroatoms. The molecule has 0 aliphatic heterocycles. The largest absolute Gasteiger partial charge is 0.496 e. The summed E-state index contributed by atoms with van der Waals surface area (Å²) in [7, 11) is 1.68. The number of halogens is 4. The molecule has 0 spiro atoms. The minimum Gasteiger partial charge on any atom is -0.496 e. The Labute approximate surface area is 149 Å². The number of alkyl halides is 1. The van der Waals surface area contributed by atoms with Crippen molar-refractivity contribution in [1.82, 2.24) is 0 Å². The highest BCUT2D eigenvalue weighted by atomic mass is 79.9. The lowest BCUT2D eigenvalue weighted by Gasteiger charge is -2.17. The van der Waals surface area contributed by atoms with Crippen LogP contribution in [0.4, 0.5) is 0 Å². The second-order valence-electron chi connectivity index (χ2n) is 4.37. The predicted molar refractivity (Wildman–Crippen MR) is 95.4 cm³/mol. The summed E-state index contributed by atoms with van der Waals surface area (Å²) in [5.41, 5.74) is 3.30. The first-order valence-electron chi connectivity index (χ1n) is 5.87. The van der Waals surface area contributed by atoms with Crippen molar-refractivity contribution in [2.24, 2.45) is 0 Å². The zero-order valence-electron chi connectivity index (χ0n) is 10.9. The second kappa shape index (κ2) is 6.82. The smallest absolute Gasteiger partial charge is 0.123 e. The molecule has 0 aliphatic carbocycles. The van der Waals surface area contributed by atoms with Gasteiger partial charge in [0.25, 0.3) is 0 Å². The molecule has 0 bridgehead atoms. The minimum atomic E-state index is 0.0148. The van der Waals surface area contributed by atoms with E-state index in [0.717, 1.165) is 31.4 Å². The van der Waals surface area contributed by atoms with Crippen molar-refractivity contribution in [2.45, 2.75) is 11.8 Å². The van der Waals surface area contributed by atoms with Gasteiger partial charge in [0.2, 0.25) is 0 Å². The molecule has 0 N–H and O–H groups in total. The van der Waals surface area contributed by atoms with Gasteiger partial charge in [-0.3, -0.25) is 0 Å². The Hall–Kier alpha value is -0.0300. The third-order valence-corrected chi connectivity index (χ3v) is 5.78. The van der Waals surface area contributed by atoms with Gasteiger partial charge in [-0.25, -0.2) is 0 Å². The van der Waals surface area contributed by atoms with Crippen LogP contribution in [-0.4, -0.2) is 7.11 Å². The summed E-state index contributed by atoms with van der Waals surface area (Å²) in [6.45, 7) is 2.04. The van der Waals surface area contributed by atoms with Gasteiger partial charge in [-0.15, -0.1) is 0 Å². The van der Waals surface area contributed by atoms with Crippen molar-refractivity contribution in [3.05, 3.63) is 61.0 Å². The molecule has 20 heavy (non-hydrogen) atoms. The van der Waals surface area contributed by atoms with E-state index in [9.17, 15) is 0 Å². The van der Waals surface area contributed by atoms with Crippen LogP contribution in [0.3, 0.4) is 0 Å². The minimum absolute atomic E-state index is 0.0148. The monoisotopic (exact) mass is 480 g/mol. The average Bonchev–Trinajstić information content (AvgIpc) is 2.40. The van der Waals surface area contributed by atoms with Gasteiger partial charge < -0.3 is 4.74 Å². The van der Waals surface area contributed by atoms with E-state index in [4.69, 9.17) is 16.3 Å². The molecule has 106 valence electrons. The molecule has 1 nitrogen and oxygen atoms in total. The Kier molecular flexibility index (Phi) is 5.57. The van der Waals surface area contributed by atoms with E-state index < -0.39 is 0 Å². The lowest BCUT2D eigenvalue weighted by Crippen LogP contribution is -1.99. The van der Waals surface area contributed by atoms with Gasteiger partial charge in [0.05, 0.1) is 11.9 Å². The molecule has 2 rings (SSSR count). The highest BCUT2D eigenvalue weighted by Gasteiger charge is 2.19. The quantitative estimate of drug-likeness (QED) is 0.444. The fourth-order valence-electron chi connectivity index (χ4n) is 1.92. The maximum Gasteiger partial charge on any atom is 0.123 e. The van der Waals surface area contributed by atoms with Crippen LogP contribution in [0.1, 0.15) is 21.5 Å². The van der Waals surface area contributed by atoms with E-state index in [0.29, 0.717) is 5.02 Å². The Balaban J connectivity index is 2.52. The highest BCUT2D eigenvalue weighted by Crippen LogP contribution is 2.42. The van der Waals surface area contributed by atoms with Gasteiger partial charge >= 0.3 is 0 Å². The van der Waals surface area contributed by atoms with E-state index >= 15 is 0 Å². The van der Waals surface area contributed by atoms with Gasteiger partial charge in [0, 0.05) is 19.5 Å². The molecule has 0 heterocycles. The summed E-state index contributed by atoms with van der Waals surface area (Å²) >= 11 is 16.9. The number of methoxy groups -OCH3 is 1. The van der Waals surface area contributed by atoms with Gasteiger partial charge in [-0.2, -0.15) is 0 Å². The normalized spacial score (nSPS) is 12.3. The summed E-state index contributed by atoms with van der Waals surface area (Å²) in [4.78, 5) is 0.0148. The Morgan fingerprint density at radius 3 is 2.35 bits per heavy atom. The Morgan fingerprint density at radius 2 is 1.75 bits per heavy atom. The molecular weight excluding hydrogens is 471 g/mol. The van der Waals surface area contributed by atoms with Crippen LogP contribution in [0.15, 0.2) is 39.3 Å². The number of benzene rings is 2. The van der Waals surface area contributed by atoms with Crippen LogP contribution in [0.5, 0.6) is 5.75 Å². The van der Waals surface area contributed by atoms with Crippen molar-refractivity contribution in [3.63, 3.8) is 0 Å². The van der Waals surface area contributed by atoms with E-state index in [2.05, 4.69) is 53.9 Å². The first-order valence-corrected chi connectivity index (χ1v) is 8.75. The van der Waals surface area contributed by atoms with Gasteiger partial charge in [0.1, 0.15) is 5.75 Å². The van der Waals surface area contributed by atoms with Crippen LogP contribution in [0.25, 0.3) is 0 Å². The fraction of sp³-hybridized carbons (Fsp3) is 0.200. The molecule has 0 amide bonds. The number of aryl methyl sites for hydroxylation is 1. The summed E-state index contributed by atoms with van der Waals surface area (Å²) < 4.78 is 7.52. The van der Waals surface area contributed by atoms with Crippen LogP contribution >= 0.6 is 59.4 Å². The van der Waals surface area contributed by atoms with Crippen molar-refractivity contribution >= 4 is 59.4 Å². The maximum absolute atomic E-state index is 5.99. The van der Waals surface area contributed by atoms with E-state index in [1.54, 1.807) is 7.11 Å². The summed E-state index contributed by atoms with van der Waals surface area (Å²) in [6.07, 6.45) is 0. The van der Waals surface area contributed by atoms with Crippen molar-refractivity contribution in [2.75, 3.05) is 7.11 Å². The second-order valence-corrected chi connectivity index (χ2v) is 7.43. The zero-order chi connectivity index (χ0) is 14.9. The maximum atomic E-state index is 5.99. The molecule has 0 saturated heterocycles. The third kappa shape index (κ3) is 3.41. The number of hydrogen-bond donors (Lipinski definition) is 0. The lowest BCUT2D eigenvalue weighted by molar-refractivity contribution is 0.410. The molecule has 1 unspecified atom stereocenters. The first-order chi connectivity index (χ1) is 9.43. The van der Waals surface area contributed by atoms with Crippen LogP contribution in [-0.2, 0) is 0 Å². The summed E-state index contributed by atoms with van der Waals surface area (Å²) in [6, 6.07) is 9.87. The fourth-order valence-corrected chi connectivity index (χ4v) is 4.26. The molecule has 1 atom stereocenters. The third-order valence-electron chi connectivity index (χ3n) is 3.02. The average molecular weight is 483 g/mol. The Bertz CT molecular complexity index is 643. The summed E-state index contributed by atoms with van der Waals surface area (Å²) in [5.74, 6) is 0.856. The summed E-state index contributed by atoms with van der Waals surface area (Å²) in [5, 5.41) is 0.706. The molecule has 0 aromatic heterocycles. The molecule has 2 aromatic carbocycles. The molecule has 0 fully saturated rings. The van der Waals surface area contributed by atoms with Gasteiger partial charge in [-0.05, 0) is 42.3 Å². The highest BCUT2D eigenvalue weighted by molar-refractivity contribution is 9.11. The predicted octanol–water partition coefficient (Wildman–Crippen LogP) is 6.67. The number of rotatable bonds is 3. The van der Waals surface area contributed by atoms with Crippen molar-refractivity contribution in [3.8, 4) is 5.75 Å². The van der Waals surface area contributed by atoms with Crippen LogP contribution in [0.2, 0.25) is 5.02 Å². The number of hydrogen-bond acceptors (Lipinski definition) is 1. The molecule has 2 aromatic rings. The standard InChI is InChI=1S/C15H12Br3ClO/c1-8-5-14(20-2)11(7-12(8)16)15(18)10-4-3-9(19)6-13(10)17/h3-7,15H,1-2H3. The van der Waals surface area contributed by atoms with E-state index in [1.165, 1.54) is 0 Å². The van der Waals surface area contributed by atoms with Gasteiger partial charge in [-0.1, -0.05) is 65.5 Å². The topological polar surface area (TPSA) is 9.23 Å². The first kappa shape index (κ1) is 16.3. The van der Waals surface area contributed by atoms with E-state index in [-0.39, 0.29) is 4.83 Å².